The summed E-state index contributed by atoms with van der Waals surface area (Å²) in [5.74, 6) is 0.263. The molecule has 4 aliphatic rings. The number of aromatic amines is 1. The topological polar surface area (TPSA) is 34.2 Å². The molecular formula is C28H37NO2. The van der Waals surface area contributed by atoms with Crippen LogP contribution in [0.25, 0.3) is 10.9 Å². The van der Waals surface area contributed by atoms with Crippen molar-refractivity contribution in [3.8, 4) is 0 Å². The molecule has 2 aliphatic heterocycles. The van der Waals surface area contributed by atoms with Crippen LogP contribution in [0.2, 0.25) is 0 Å². The van der Waals surface area contributed by atoms with Crippen LogP contribution in [0.4, 0.5) is 0 Å². The van der Waals surface area contributed by atoms with Crippen molar-refractivity contribution in [2.45, 2.75) is 97.1 Å². The van der Waals surface area contributed by atoms with Crippen LogP contribution in [-0.2, 0) is 15.9 Å². The first-order valence-corrected chi connectivity index (χ1v) is 12.3. The number of allylic oxidation sites excluding steroid dienone is 1. The average molecular weight is 420 g/mol. The van der Waals surface area contributed by atoms with E-state index in [0.29, 0.717) is 5.92 Å². The Balaban J connectivity index is 1.36. The van der Waals surface area contributed by atoms with Crippen molar-refractivity contribution in [3.63, 3.8) is 0 Å². The predicted molar refractivity (Wildman–Crippen MR) is 125 cm³/mol. The van der Waals surface area contributed by atoms with E-state index in [1.807, 2.05) is 0 Å². The molecule has 3 nitrogen and oxygen atoms in total. The normalized spacial score (nSPS) is 38.2. The number of H-pyrrole nitrogens is 1. The SMILES string of the molecule is CC1(C)O[C@@]23CCC4=C(CC[C@@H](Cc5c[nH]c6ccccc56)C4(C)C)[C@]2(C)CC[C@@H]1O3. The van der Waals surface area contributed by atoms with Crippen molar-refractivity contribution in [1.29, 1.82) is 0 Å². The minimum Gasteiger partial charge on any atom is -0.361 e. The van der Waals surface area contributed by atoms with E-state index < -0.39 is 5.79 Å². The maximum Gasteiger partial charge on any atom is 0.178 e. The third-order valence-electron chi connectivity index (χ3n) is 9.70. The molecule has 6 rings (SSSR count). The van der Waals surface area contributed by atoms with E-state index in [2.05, 4.69) is 70.1 Å². The Morgan fingerprint density at radius 1 is 0.968 bits per heavy atom. The molecule has 0 amide bonds. The van der Waals surface area contributed by atoms with E-state index in [9.17, 15) is 0 Å². The molecule has 166 valence electrons. The van der Waals surface area contributed by atoms with Crippen LogP contribution in [-0.4, -0.2) is 22.5 Å². The average Bonchev–Trinajstić information content (AvgIpc) is 3.22. The molecular weight excluding hydrogens is 382 g/mol. The molecule has 2 fully saturated rings. The molecule has 4 atom stereocenters. The minimum absolute atomic E-state index is 0.0217. The van der Waals surface area contributed by atoms with Crippen molar-refractivity contribution in [2.24, 2.45) is 16.7 Å². The quantitative estimate of drug-likeness (QED) is 0.536. The molecule has 31 heavy (non-hydrogen) atoms. The molecule has 1 aromatic heterocycles. The van der Waals surface area contributed by atoms with Crippen LogP contribution in [0.1, 0.15) is 78.7 Å². The van der Waals surface area contributed by atoms with Gasteiger partial charge in [-0.25, -0.2) is 0 Å². The molecule has 0 radical (unpaired) electrons. The number of fused-ring (bicyclic) bond motifs is 3. The minimum atomic E-state index is -0.405. The Hall–Kier alpha value is -1.58. The largest absolute Gasteiger partial charge is 0.361 e. The summed E-state index contributed by atoms with van der Waals surface area (Å²) >= 11 is 0. The maximum atomic E-state index is 6.78. The summed E-state index contributed by atoms with van der Waals surface area (Å²) in [4.78, 5) is 3.48. The monoisotopic (exact) mass is 419 g/mol. The number of nitrogens with one attached hydrogen (secondary N) is 1. The van der Waals surface area contributed by atoms with Crippen molar-refractivity contribution in [2.75, 3.05) is 0 Å². The number of benzene rings is 1. The number of ether oxygens (including phenoxy) is 2. The molecule has 0 saturated carbocycles. The molecule has 2 bridgehead atoms. The van der Waals surface area contributed by atoms with Gasteiger partial charge in [-0.3, -0.25) is 0 Å². The van der Waals surface area contributed by atoms with Gasteiger partial charge in [0.25, 0.3) is 0 Å². The van der Waals surface area contributed by atoms with Gasteiger partial charge in [-0.2, -0.15) is 0 Å². The van der Waals surface area contributed by atoms with Gasteiger partial charge in [-0.05, 0) is 75.3 Å². The first-order chi connectivity index (χ1) is 14.7. The fraction of sp³-hybridized carbons (Fsp3) is 0.643. The number of aromatic nitrogens is 1. The fourth-order valence-corrected chi connectivity index (χ4v) is 7.67. The molecule has 3 heterocycles. The van der Waals surface area contributed by atoms with Crippen LogP contribution in [0, 0.1) is 16.7 Å². The van der Waals surface area contributed by atoms with Gasteiger partial charge in [0.15, 0.2) is 5.79 Å². The Morgan fingerprint density at radius 2 is 1.77 bits per heavy atom. The number of hydrogen-bond acceptors (Lipinski definition) is 2. The van der Waals surface area contributed by atoms with Gasteiger partial charge in [0.05, 0.1) is 11.7 Å². The van der Waals surface area contributed by atoms with E-state index in [4.69, 9.17) is 9.47 Å². The highest BCUT2D eigenvalue weighted by atomic mass is 16.8. The van der Waals surface area contributed by atoms with Crippen LogP contribution in [0.5, 0.6) is 0 Å². The fourth-order valence-electron chi connectivity index (χ4n) is 7.67. The lowest BCUT2D eigenvalue weighted by atomic mass is 9.53. The van der Waals surface area contributed by atoms with Gasteiger partial charge in [-0.15, -0.1) is 0 Å². The van der Waals surface area contributed by atoms with Gasteiger partial charge in [0.2, 0.25) is 0 Å². The van der Waals surface area contributed by atoms with Gasteiger partial charge < -0.3 is 14.5 Å². The summed E-state index contributed by atoms with van der Waals surface area (Å²) in [5.41, 5.74) is 6.18. The van der Waals surface area contributed by atoms with E-state index in [1.165, 1.54) is 35.7 Å². The van der Waals surface area contributed by atoms with E-state index in [1.54, 1.807) is 11.1 Å². The Kier molecular flexibility index (Phi) is 4.05. The summed E-state index contributed by atoms with van der Waals surface area (Å²) in [6.07, 6.45) is 10.5. The Labute approximate surface area is 186 Å². The zero-order valence-corrected chi connectivity index (χ0v) is 19.8. The highest BCUT2D eigenvalue weighted by Crippen LogP contribution is 2.66. The smallest absolute Gasteiger partial charge is 0.178 e. The van der Waals surface area contributed by atoms with Crippen LogP contribution in [0.15, 0.2) is 41.6 Å². The molecule has 2 saturated heterocycles. The highest BCUT2D eigenvalue weighted by molar-refractivity contribution is 5.83. The third kappa shape index (κ3) is 2.60. The highest BCUT2D eigenvalue weighted by Gasteiger charge is 2.67. The molecule has 0 unspecified atom stereocenters. The third-order valence-corrected chi connectivity index (χ3v) is 9.70. The molecule has 1 spiro atoms. The first kappa shape index (κ1) is 20.1. The lowest BCUT2D eigenvalue weighted by Gasteiger charge is -2.57. The van der Waals surface area contributed by atoms with Crippen molar-refractivity contribution in [3.05, 3.63) is 47.2 Å². The Morgan fingerprint density at radius 3 is 2.61 bits per heavy atom. The number of para-hydroxylation sites is 1. The van der Waals surface area contributed by atoms with E-state index >= 15 is 0 Å². The Bertz CT molecular complexity index is 1080. The second kappa shape index (κ2) is 6.26. The van der Waals surface area contributed by atoms with E-state index in [-0.39, 0.29) is 22.5 Å². The van der Waals surface area contributed by atoms with Crippen molar-refractivity contribution >= 4 is 10.9 Å². The van der Waals surface area contributed by atoms with Gasteiger partial charge in [-0.1, -0.05) is 50.1 Å². The molecule has 1 aromatic carbocycles. The summed E-state index contributed by atoms with van der Waals surface area (Å²) in [6, 6.07) is 8.73. The van der Waals surface area contributed by atoms with Gasteiger partial charge >= 0.3 is 0 Å². The predicted octanol–water partition coefficient (Wildman–Crippen LogP) is 6.93. The summed E-state index contributed by atoms with van der Waals surface area (Å²) in [6.45, 7) is 11.9. The van der Waals surface area contributed by atoms with Gasteiger partial charge in [0, 0.05) is 28.9 Å². The second-order valence-corrected chi connectivity index (χ2v) is 11.9. The summed E-state index contributed by atoms with van der Waals surface area (Å²) in [7, 11) is 0. The first-order valence-electron chi connectivity index (χ1n) is 12.3. The van der Waals surface area contributed by atoms with Crippen LogP contribution >= 0.6 is 0 Å². The van der Waals surface area contributed by atoms with E-state index in [0.717, 1.165) is 25.7 Å². The maximum absolute atomic E-state index is 6.78. The standard InChI is InChI=1S/C28H37NO2/c1-25(2)19(16-18-17-29-23-9-7-6-8-20(18)23)10-11-22-21(25)12-15-28-27(22,5)14-13-24(30-28)26(3,4)31-28/h6-9,17,19,24,29H,10-16H2,1-5H3/t19-,24-,27-,28-/m0/s1. The number of rotatable bonds is 2. The van der Waals surface area contributed by atoms with Crippen molar-refractivity contribution in [1.82, 2.24) is 4.98 Å². The van der Waals surface area contributed by atoms with Crippen LogP contribution in [0.3, 0.4) is 0 Å². The second-order valence-electron chi connectivity index (χ2n) is 11.9. The van der Waals surface area contributed by atoms with Crippen LogP contribution < -0.4 is 0 Å². The van der Waals surface area contributed by atoms with Crippen molar-refractivity contribution < 1.29 is 9.47 Å². The summed E-state index contributed by atoms with van der Waals surface area (Å²) in [5, 5.41) is 1.39. The van der Waals surface area contributed by atoms with Gasteiger partial charge in [0.1, 0.15) is 0 Å². The summed E-state index contributed by atoms with van der Waals surface area (Å²) < 4.78 is 13.5. The molecule has 1 N–H and O–H groups in total. The lowest BCUT2D eigenvalue weighted by Crippen LogP contribution is -2.56. The molecule has 3 heteroatoms. The number of hydrogen-bond donors (Lipinski definition) is 1. The molecule has 2 aromatic rings. The zero-order valence-electron chi connectivity index (χ0n) is 19.8. The zero-order chi connectivity index (χ0) is 21.6. The lowest BCUT2D eigenvalue weighted by molar-refractivity contribution is -0.267. The molecule has 2 aliphatic carbocycles.